The van der Waals surface area contributed by atoms with Crippen molar-refractivity contribution in [3.63, 3.8) is 0 Å². The number of hydroxylamine groups is 1. The van der Waals surface area contributed by atoms with Crippen LogP contribution in [0.2, 0.25) is 0 Å². The van der Waals surface area contributed by atoms with E-state index < -0.39 is 114 Å². The van der Waals surface area contributed by atoms with Crippen molar-refractivity contribution in [2.75, 3.05) is 6.61 Å². The van der Waals surface area contributed by atoms with Gasteiger partial charge in [-0.1, -0.05) is 24.3 Å². The highest BCUT2D eigenvalue weighted by Gasteiger charge is 2.46. The average Bonchev–Trinajstić information content (AvgIpc) is 3.19. The summed E-state index contributed by atoms with van der Waals surface area (Å²) >= 11 is 5.27. The molecule has 326 valence electrons. The number of nitrogens with zero attached hydrogens (tertiary/aromatic N) is 1. The second-order valence-electron chi connectivity index (χ2n) is 13.4. The van der Waals surface area contributed by atoms with Gasteiger partial charge in [0.05, 0.1) is 35.9 Å². The van der Waals surface area contributed by atoms with E-state index in [9.17, 15) is 59.5 Å². The van der Waals surface area contributed by atoms with Crippen LogP contribution in [0.15, 0.2) is 53.5 Å². The van der Waals surface area contributed by atoms with E-state index in [-0.39, 0.29) is 12.2 Å². The number of hydrogen-bond acceptors (Lipinski definition) is 22. The molecule has 12 N–H and O–H groups in total. The maximum absolute atomic E-state index is 11.1. The maximum atomic E-state index is 11.1. The van der Waals surface area contributed by atoms with Gasteiger partial charge in [0.25, 0.3) is 0 Å². The van der Waals surface area contributed by atoms with Gasteiger partial charge < -0.3 is 74.7 Å². The predicted molar refractivity (Wildman–Crippen MR) is 202 cm³/mol. The number of nitrogens with one attached hydrogen (secondary N) is 1. The number of isothiocyanates is 1. The average molecular weight is 885 g/mol. The van der Waals surface area contributed by atoms with Crippen LogP contribution in [0, 0.1) is 0 Å². The van der Waals surface area contributed by atoms with E-state index in [1.807, 2.05) is 0 Å². The number of thiocarbonyl (C=S) groups is 1. The van der Waals surface area contributed by atoms with Crippen molar-refractivity contribution < 1.29 is 92.0 Å². The van der Waals surface area contributed by atoms with Crippen LogP contribution in [-0.2, 0) is 41.9 Å². The third-order valence-corrected chi connectivity index (χ3v) is 10.8. The van der Waals surface area contributed by atoms with Gasteiger partial charge in [-0.25, -0.2) is 4.99 Å². The summed E-state index contributed by atoms with van der Waals surface area (Å²) in [6.45, 7) is 2.89. The molecule has 0 spiro atoms. The van der Waals surface area contributed by atoms with Crippen molar-refractivity contribution in [3.8, 4) is 11.5 Å². The second kappa shape index (κ2) is 21.8. The Balaban J connectivity index is 0.000000299. The molecule has 16 unspecified atom stereocenters. The highest BCUT2D eigenvalue weighted by molar-refractivity contribution is 8.00. The summed E-state index contributed by atoms with van der Waals surface area (Å²) in [5, 5.41) is 99.8. The van der Waals surface area contributed by atoms with Gasteiger partial charge in [0, 0.05) is 0 Å². The van der Waals surface area contributed by atoms with Gasteiger partial charge in [-0.2, -0.15) is 18.2 Å². The highest BCUT2D eigenvalue weighted by atomic mass is 32.3. The molecule has 5 rings (SSSR count). The van der Waals surface area contributed by atoms with E-state index in [1.165, 1.54) is 19.1 Å². The number of aliphatic imine (C=N–C) groups is 1. The summed E-state index contributed by atoms with van der Waals surface area (Å²) in [7, 11) is -4.90. The first-order valence-corrected chi connectivity index (χ1v) is 20.4. The van der Waals surface area contributed by atoms with Gasteiger partial charge in [-0.15, -0.1) is 11.8 Å². The largest absolute Gasteiger partial charge is 0.462 e. The number of ether oxygens (including phenoxy) is 5. The van der Waals surface area contributed by atoms with Crippen LogP contribution in [0.1, 0.15) is 25.0 Å². The van der Waals surface area contributed by atoms with Gasteiger partial charge in [-0.05, 0) is 67.9 Å². The van der Waals surface area contributed by atoms with E-state index in [0.717, 1.165) is 17.3 Å². The minimum atomic E-state index is -4.90. The van der Waals surface area contributed by atoms with Crippen LogP contribution in [-0.4, -0.2) is 172 Å². The zero-order valence-corrected chi connectivity index (χ0v) is 33.3. The third-order valence-electron chi connectivity index (χ3n) is 9.15. The summed E-state index contributed by atoms with van der Waals surface area (Å²) in [6.07, 6.45) is -17.8. The topological polar surface area (TPSA) is 336 Å². The number of benzene rings is 2. The van der Waals surface area contributed by atoms with Crippen LogP contribution >= 0.6 is 24.0 Å². The SMILES string of the molecule is CC1OC(Oc2ccc(CC(NOS(=O)(=O)O)SC3OC(CO)C(O)C(O)C3O)cc2)C(O)C(O)C1O.CC1OC(Oc2ccc(CN=C=S)cc2)C(O)C(O)C1O. The van der Waals surface area contributed by atoms with Gasteiger partial charge in [0.1, 0.15) is 78.0 Å². The molecule has 3 heterocycles. The fourth-order valence-corrected chi connectivity index (χ4v) is 7.39. The third kappa shape index (κ3) is 13.2. The quantitative estimate of drug-likeness (QED) is 0.0298. The van der Waals surface area contributed by atoms with Gasteiger partial charge in [0.2, 0.25) is 12.6 Å². The molecule has 3 aliphatic rings. The minimum absolute atomic E-state index is 0.0139. The molecule has 0 amide bonds. The normalized spacial score (nSPS) is 35.8. The summed E-state index contributed by atoms with van der Waals surface area (Å²) < 4.78 is 62.5. The zero-order valence-electron chi connectivity index (χ0n) is 30.8. The number of thioether (sulfide) groups is 1. The Kier molecular flexibility index (Phi) is 18.1. The van der Waals surface area contributed by atoms with Crippen LogP contribution in [0.25, 0.3) is 0 Å². The number of hydrogen-bond donors (Lipinski definition) is 12. The molecule has 16 atom stereocenters. The van der Waals surface area contributed by atoms with Crippen LogP contribution in [0.3, 0.4) is 0 Å². The van der Waals surface area contributed by atoms with Crippen molar-refractivity contribution in [2.45, 2.75) is 123 Å². The molecule has 58 heavy (non-hydrogen) atoms. The van der Waals surface area contributed by atoms with Crippen LogP contribution in [0.5, 0.6) is 11.5 Å². The van der Waals surface area contributed by atoms with E-state index in [2.05, 4.69) is 32.1 Å². The summed E-state index contributed by atoms with van der Waals surface area (Å²) in [5.74, 6) is 0.716. The molecule has 2 aromatic carbocycles. The van der Waals surface area contributed by atoms with E-state index in [4.69, 9.17) is 28.2 Å². The molecule has 0 bridgehead atoms. The van der Waals surface area contributed by atoms with E-state index in [0.29, 0.717) is 17.9 Å². The fourth-order valence-electron chi connectivity index (χ4n) is 5.78. The van der Waals surface area contributed by atoms with Crippen molar-refractivity contribution in [1.29, 1.82) is 0 Å². The molecule has 3 fully saturated rings. The minimum Gasteiger partial charge on any atom is -0.462 e. The Labute approximate surface area is 342 Å². The van der Waals surface area contributed by atoms with Gasteiger partial charge >= 0.3 is 10.4 Å². The maximum Gasteiger partial charge on any atom is 0.413 e. The Bertz CT molecular complexity index is 1720. The summed E-state index contributed by atoms with van der Waals surface area (Å²) in [5.41, 5.74) is 2.40. The first-order valence-electron chi connectivity index (χ1n) is 17.6. The van der Waals surface area contributed by atoms with Gasteiger partial charge in [-0.3, -0.25) is 4.55 Å². The molecule has 0 radical (unpaired) electrons. The molecule has 2 aromatic rings. The van der Waals surface area contributed by atoms with Crippen molar-refractivity contribution in [3.05, 3.63) is 59.7 Å². The van der Waals surface area contributed by atoms with Crippen LogP contribution < -0.4 is 15.0 Å². The fraction of sp³-hybridized carbons (Fsp3) is 0.618. The Hall–Kier alpha value is -2.50. The van der Waals surface area contributed by atoms with Crippen molar-refractivity contribution in [2.24, 2.45) is 4.99 Å². The molecule has 0 aromatic heterocycles. The lowest BCUT2D eigenvalue weighted by molar-refractivity contribution is -0.268. The van der Waals surface area contributed by atoms with E-state index >= 15 is 0 Å². The molecule has 3 aliphatic heterocycles. The molecule has 0 aliphatic carbocycles. The Morgan fingerprint density at radius 2 is 1.19 bits per heavy atom. The van der Waals surface area contributed by atoms with Crippen molar-refractivity contribution >= 4 is 39.5 Å². The van der Waals surface area contributed by atoms with Gasteiger partial charge in [0.15, 0.2) is 0 Å². The van der Waals surface area contributed by atoms with Crippen LogP contribution in [0.4, 0.5) is 0 Å². The molecular formula is C34H48N2O19S3. The van der Waals surface area contributed by atoms with Crippen molar-refractivity contribution in [1.82, 2.24) is 5.48 Å². The lowest BCUT2D eigenvalue weighted by Crippen LogP contribution is -2.58. The zero-order chi connectivity index (χ0) is 42.9. The first kappa shape index (κ1) is 48.2. The first-order chi connectivity index (χ1) is 27.3. The smallest absolute Gasteiger partial charge is 0.413 e. The lowest BCUT2D eigenvalue weighted by atomic mass is 10.00. The Morgan fingerprint density at radius 3 is 1.64 bits per heavy atom. The lowest BCUT2D eigenvalue weighted by Gasteiger charge is -2.40. The molecule has 0 saturated carbocycles. The summed E-state index contributed by atoms with van der Waals surface area (Å²) in [4.78, 5) is 3.83. The molecule has 24 heteroatoms. The Morgan fingerprint density at radius 1 is 0.724 bits per heavy atom. The second-order valence-corrected chi connectivity index (χ2v) is 16.0. The summed E-state index contributed by atoms with van der Waals surface area (Å²) in [6, 6.07) is 13.1. The van der Waals surface area contributed by atoms with E-state index in [1.54, 1.807) is 43.3 Å². The monoisotopic (exact) mass is 884 g/mol. The molecule has 3 saturated heterocycles. The number of rotatable bonds is 14. The highest BCUT2D eigenvalue weighted by Crippen LogP contribution is 2.32. The standard InChI is InChI=1S/C20H31NO14S2.C14H17NO5S/c1-8-13(23)15(25)17(27)19(32-8)33-10-4-2-9(3-5-10)6-12(21-35-37(29,30)31)36-20-18(28)16(26)14(24)11(7-22)34-20;1-8-11(16)12(17)13(18)14(19-8)20-10-4-2-9(3-5-10)6-15-7-21/h2-5,8,11-28H,6-7H2,1H3,(H,29,30,31);2-5,8,11-14,16-18H,6H2,1H3. The predicted octanol–water partition coefficient (Wildman–Crippen LogP) is -2.89. The number of aliphatic hydroxyl groups excluding tert-OH is 10. The molecule has 21 nitrogen and oxygen atoms in total. The number of aliphatic hydroxyl groups is 10. The molecular weight excluding hydrogens is 837 g/mol.